The van der Waals surface area contributed by atoms with Gasteiger partial charge in [-0.3, -0.25) is 14.2 Å². The summed E-state index contributed by atoms with van der Waals surface area (Å²) in [7, 11) is -2.75. The van der Waals surface area contributed by atoms with Gasteiger partial charge in [0.05, 0.1) is 13.0 Å². The van der Waals surface area contributed by atoms with E-state index in [1.54, 1.807) is 49.7 Å². The van der Waals surface area contributed by atoms with Crippen molar-refractivity contribution in [2.45, 2.75) is 37.0 Å². The molecule has 3 amide bonds. The number of aromatic nitrogens is 1. The monoisotopic (exact) mass is 742 g/mol. The molecule has 0 fully saturated rings. The van der Waals surface area contributed by atoms with Crippen molar-refractivity contribution in [2.75, 3.05) is 19.0 Å². The summed E-state index contributed by atoms with van der Waals surface area (Å²) in [5, 5.41) is 6.28. The largest absolute Gasteiger partial charge is 0.497 e. The van der Waals surface area contributed by atoms with E-state index in [1.165, 1.54) is 11.8 Å². The first kappa shape index (κ1) is 38.2. The Bertz CT molecular complexity index is 1980. The molecule has 0 bridgehead atoms. The number of hydrogen-bond acceptors (Lipinski definition) is 7. The first-order valence-corrected chi connectivity index (χ1v) is 19.9. The van der Waals surface area contributed by atoms with Crippen LogP contribution in [0.5, 0.6) is 5.75 Å². The van der Waals surface area contributed by atoms with Crippen LogP contribution in [-0.4, -0.2) is 58.6 Å². The minimum absolute atomic E-state index is 0.0207. The molecule has 0 aliphatic heterocycles. The highest BCUT2D eigenvalue weighted by Gasteiger charge is 2.38. The van der Waals surface area contributed by atoms with Gasteiger partial charge in [-0.15, -0.1) is 0 Å². The molecule has 1 heterocycles. The van der Waals surface area contributed by atoms with Crippen LogP contribution in [0.2, 0.25) is 0 Å². The molecule has 6 N–H and O–H groups in total. The molecule has 5 aromatic rings. The van der Waals surface area contributed by atoms with Crippen LogP contribution in [0.1, 0.15) is 22.3 Å². The summed E-state index contributed by atoms with van der Waals surface area (Å²) in [5.41, 5.74) is 9.89. The zero-order valence-corrected chi connectivity index (χ0v) is 30.5. The van der Waals surface area contributed by atoms with Crippen LogP contribution < -0.4 is 21.1 Å². The Morgan fingerprint density at radius 1 is 0.846 bits per heavy atom. The summed E-state index contributed by atoms with van der Waals surface area (Å²) in [6.45, 7) is -0.0293. The number of nitrogens with two attached hydrogens (primary N) is 1. The van der Waals surface area contributed by atoms with Crippen molar-refractivity contribution in [2.24, 2.45) is 11.7 Å². The number of rotatable bonds is 18. The smallest absolute Gasteiger partial charge is 0.408 e. The third-order valence-electron chi connectivity index (χ3n) is 8.61. The highest BCUT2D eigenvalue weighted by molar-refractivity contribution is 7.98. The van der Waals surface area contributed by atoms with Gasteiger partial charge in [0, 0.05) is 47.6 Å². The molecule has 11 nitrogen and oxygen atoms in total. The van der Waals surface area contributed by atoms with Crippen molar-refractivity contribution in [1.29, 1.82) is 0 Å². The molecule has 0 spiro atoms. The van der Waals surface area contributed by atoms with Gasteiger partial charge >= 0.3 is 6.09 Å². The normalized spacial score (nSPS) is 14.0. The van der Waals surface area contributed by atoms with E-state index in [0.717, 1.165) is 27.6 Å². The third-order valence-corrected chi connectivity index (χ3v) is 12.0. The molecule has 13 heteroatoms. The van der Waals surface area contributed by atoms with Crippen LogP contribution in [0, 0.1) is 5.92 Å². The molecule has 52 heavy (non-hydrogen) atoms. The van der Waals surface area contributed by atoms with Crippen LogP contribution >= 0.6 is 19.1 Å². The Kier molecular flexibility index (Phi) is 13.6. The zero-order valence-electron chi connectivity index (χ0n) is 28.8. The molecule has 4 unspecified atom stereocenters. The summed E-state index contributed by atoms with van der Waals surface area (Å²) >= 11 is 1.41. The highest BCUT2D eigenvalue weighted by Crippen LogP contribution is 2.48. The van der Waals surface area contributed by atoms with Crippen LogP contribution in [0.4, 0.5) is 4.79 Å². The van der Waals surface area contributed by atoms with E-state index in [4.69, 9.17) is 15.2 Å². The fourth-order valence-corrected chi connectivity index (χ4v) is 9.02. The molecule has 1 aromatic heterocycles. The van der Waals surface area contributed by atoms with E-state index in [2.05, 4.69) is 15.6 Å². The predicted molar refractivity (Wildman–Crippen MR) is 204 cm³/mol. The molecule has 5 rings (SSSR count). The number of primary amides is 1. The van der Waals surface area contributed by atoms with Gasteiger partial charge in [0.25, 0.3) is 0 Å². The number of methoxy groups -OCH3 is 1. The number of amides is 3. The van der Waals surface area contributed by atoms with E-state index >= 15 is 0 Å². The summed E-state index contributed by atoms with van der Waals surface area (Å²) < 4.78 is 25.0. The molecule has 0 saturated heterocycles. The molecular formula is C39H43N4O7PS. The lowest BCUT2D eigenvalue weighted by atomic mass is 10.0. The van der Waals surface area contributed by atoms with Crippen molar-refractivity contribution in [3.63, 3.8) is 0 Å². The topological polar surface area (TPSA) is 173 Å². The molecule has 0 aliphatic carbocycles. The van der Waals surface area contributed by atoms with Gasteiger partial charge in [-0.25, -0.2) is 4.79 Å². The maximum absolute atomic E-state index is 14.4. The Hall–Kier alpha value is -5.03. The number of nitrogens with one attached hydrogen (secondary N) is 3. The van der Waals surface area contributed by atoms with E-state index in [1.807, 2.05) is 72.8 Å². The van der Waals surface area contributed by atoms with Crippen LogP contribution in [-0.2, 0) is 44.1 Å². The van der Waals surface area contributed by atoms with Crippen LogP contribution in [0.3, 0.4) is 0 Å². The standard InChI is InChI=1S/C39H43N4O7PS/c1-49-32-18-16-29(17-19-32)25-52-26-31(38(45)42-35(37(40)44)21-30-22-41-34-15-9-8-14-33(30)34)24-51(47,48)36(20-27-10-4-2-5-11-27)43-39(46)50-23-28-12-6-3-7-13-28/h2-19,22,31,35-36,41H,20-21,23-26H2,1H3,(H2,40,44)(H,42,45)(H,43,46)(H,47,48). The first-order chi connectivity index (χ1) is 25.1. The van der Waals surface area contributed by atoms with Gasteiger partial charge in [0.1, 0.15) is 24.2 Å². The SMILES string of the molecule is COc1ccc(CSCC(CP(=O)(O)C(Cc2ccccc2)NC(=O)OCc2ccccc2)C(=O)NC(Cc2c[nH]c3ccccc23)C(N)=O)cc1. The minimum atomic E-state index is -4.33. The van der Waals surface area contributed by atoms with Gasteiger partial charge in [0.15, 0.2) is 0 Å². The molecule has 4 atom stereocenters. The number of hydrogen-bond donors (Lipinski definition) is 5. The maximum Gasteiger partial charge on any atom is 0.408 e. The Morgan fingerprint density at radius 3 is 2.17 bits per heavy atom. The van der Waals surface area contributed by atoms with Crippen LogP contribution in [0.25, 0.3) is 10.9 Å². The van der Waals surface area contributed by atoms with E-state index in [9.17, 15) is 23.8 Å². The summed E-state index contributed by atoms with van der Waals surface area (Å²) in [6, 6.07) is 32.1. The number of ether oxygens (including phenoxy) is 2. The van der Waals surface area contributed by atoms with Crippen molar-refractivity contribution < 1.29 is 33.3 Å². The van der Waals surface area contributed by atoms with Gasteiger partial charge in [-0.05, 0) is 40.5 Å². The van der Waals surface area contributed by atoms with Crippen molar-refractivity contribution in [3.8, 4) is 5.75 Å². The summed E-state index contributed by atoms with van der Waals surface area (Å²) in [5.74, 6) is -2.25. The zero-order chi connectivity index (χ0) is 36.9. The number of benzene rings is 4. The predicted octanol–water partition coefficient (Wildman–Crippen LogP) is 6.00. The molecule has 272 valence electrons. The number of alkyl carbamates (subject to hydrolysis) is 1. The second-order valence-electron chi connectivity index (χ2n) is 12.4. The van der Waals surface area contributed by atoms with Crippen molar-refractivity contribution >= 4 is 47.9 Å². The maximum atomic E-state index is 14.4. The van der Waals surface area contributed by atoms with Gasteiger partial charge < -0.3 is 35.7 Å². The first-order valence-electron chi connectivity index (χ1n) is 16.8. The molecule has 4 aromatic carbocycles. The van der Waals surface area contributed by atoms with E-state index in [0.29, 0.717) is 17.1 Å². The molecule has 0 aliphatic rings. The number of thioether (sulfide) groups is 1. The Morgan fingerprint density at radius 2 is 1.50 bits per heavy atom. The highest BCUT2D eigenvalue weighted by atomic mass is 32.2. The van der Waals surface area contributed by atoms with Crippen LogP contribution in [0.15, 0.2) is 115 Å². The average Bonchev–Trinajstić information content (AvgIpc) is 3.56. The molecular weight excluding hydrogens is 699 g/mol. The lowest BCUT2D eigenvalue weighted by Crippen LogP contribution is -2.49. The fraction of sp³-hybridized carbons (Fsp3) is 0.256. The number of aromatic amines is 1. The van der Waals surface area contributed by atoms with Gasteiger partial charge in [0.2, 0.25) is 19.2 Å². The fourth-order valence-electron chi connectivity index (χ4n) is 5.76. The number of carbonyl (C=O) groups excluding carboxylic acids is 3. The third kappa shape index (κ3) is 11.0. The van der Waals surface area contributed by atoms with E-state index in [-0.39, 0.29) is 25.2 Å². The van der Waals surface area contributed by atoms with Crippen molar-refractivity contribution in [3.05, 3.63) is 138 Å². The lowest BCUT2D eigenvalue weighted by Gasteiger charge is -2.28. The number of carbonyl (C=O) groups is 3. The molecule has 0 saturated carbocycles. The van der Waals surface area contributed by atoms with Crippen molar-refractivity contribution in [1.82, 2.24) is 15.6 Å². The van der Waals surface area contributed by atoms with E-state index < -0.39 is 49.2 Å². The quantitative estimate of drug-likeness (QED) is 0.0680. The molecule has 0 radical (unpaired) electrons. The second-order valence-corrected chi connectivity index (χ2v) is 16.0. The van der Waals surface area contributed by atoms with Gasteiger partial charge in [-0.2, -0.15) is 11.8 Å². The van der Waals surface area contributed by atoms with Gasteiger partial charge in [-0.1, -0.05) is 91.0 Å². The summed E-state index contributed by atoms with van der Waals surface area (Å²) in [6.07, 6.45) is 0.588. The lowest BCUT2D eigenvalue weighted by molar-refractivity contribution is -0.129. The number of H-pyrrole nitrogens is 1. The summed E-state index contributed by atoms with van der Waals surface area (Å²) in [4.78, 5) is 54.6. The number of fused-ring (bicyclic) bond motifs is 1. The average molecular weight is 743 g/mol. The number of para-hydroxylation sites is 1. The Balaban J connectivity index is 1.35. The Labute approximate surface area is 307 Å². The minimum Gasteiger partial charge on any atom is -0.497 e. The second kappa shape index (κ2) is 18.5.